The monoisotopic (exact) mass is 752 g/mol. The van der Waals surface area contributed by atoms with E-state index in [1.807, 2.05) is 30.3 Å². The second kappa shape index (κ2) is 13.6. The molecule has 0 fully saturated rings. The first kappa shape index (κ1) is 34.8. The van der Waals surface area contributed by atoms with Gasteiger partial charge < -0.3 is 0 Å². The van der Waals surface area contributed by atoms with Crippen molar-refractivity contribution in [3.05, 3.63) is 222 Å². The van der Waals surface area contributed by atoms with Crippen LogP contribution in [0.2, 0.25) is 0 Å². The molecule has 0 aliphatic heterocycles. The van der Waals surface area contributed by atoms with Gasteiger partial charge in [0, 0.05) is 16.5 Å². The molecule has 278 valence electrons. The highest BCUT2D eigenvalue weighted by Crippen LogP contribution is 2.50. The fourth-order valence-electron chi connectivity index (χ4n) is 9.80. The van der Waals surface area contributed by atoms with Crippen molar-refractivity contribution in [2.75, 3.05) is 0 Å². The Hall–Kier alpha value is -7.42. The lowest BCUT2D eigenvalue weighted by atomic mass is 9.82. The summed E-state index contributed by atoms with van der Waals surface area (Å²) in [5.41, 5.74) is 11.0. The number of benzene rings is 10. The summed E-state index contributed by atoms with van der Waals surface area (Å²) in [6.45, 7) is 4.61. The first-order valence-corrected chi connectivity index (χ1v) is 20.4. The molecule has 2 heteroatoms. The fraction of sp³-hybridized carbons (Fsp3) is 0.0526. The summed E-state index contributed by atoms with van der Waals surface area (Å²) in [6.07, 6.45) is 4.39. The van der Waals surface area contributed by atoms with Crippen LogP contribution < -0.4 is 0 Å². The van der Waals surface area contributed by atoms with Gasteiger partial charge in [-0.05, 0) is 105 Å². The van der Waals surface area contributed by atoms with E-state index in [-0.39, 0.29) is 11.3 Å². The normalized spacial score (nSPS) is 13.5. The molecule has 0 saturated carbocycles. The molecule has 0 bridgehead atoms. The molecular weight excluding hydrogens is 713 g/mol. The van der Waals surface area contributed by atoms with Crippen molar-refractivity contribution in [3.8, 4) is 22.3 Å². The number of allylic oxidation sites excluding steroid dienone is 1. The summed E-state index contributed by atoms with van der Waals surface area (Å²) in [6, 6.07) is 67.4. The summed E-state index contributed by atoms with van der Waals surface area (Å²) >= 11 is 0. The van der Waals surface area contributed by atoms with Crippen molar-refractivity contribution in [2.24, 2.45) is 4.99 Å². The topological polar surface area (TPSA) is 36.2 Å². The number of hydrogen-bond acceptors (Lipinski definition) is 1. The van der Waals surface area contributed by atoms with Gasteiger partial charge in [0.2, 0.25) is 0 Å². The Morgan fingerprint density at radius 2 is 1.02 bits per heavy atom. The van der Waals surface area contributed by atoms with Crippen LogP contribution in [-0.2, 0) is 5.41 Å². The maximum Gasteiger partial charge on any atom is 0.152 e. The van der Waals surface area contributed by atoms with Gasteiger partial charge in [-0.3, -0.25) is 5.41 Å². The summed E-state index contributed by atoms with van der Waals surface area (Å²) in [5.74, 6) is 0.230. The van der Waals surface area contributed by atoms with Gasteiger partial charge in [-0.25, -0.2) is 4.99 Å². The zero-order chi connectivity index (χ0) is 39.7. The Morgan fingerprint density at radius 1 is 0.458 bits per heavy atom. The van der Waals surface area contributed by atoms with Crippen LogP contribution in [0, 0.1) is 5.41 Å². The summed E-state index contributed by atoms with van der Waals surface area (Å²) in [7, 11) is 0. The molecule has 0 unspecified atom stereocenters. The van der Waals surface area contributed by atoms with Gasteiger partial charge in [-0.15, -0.1) is 0 Å². The van der Waals surface area contributed by atoms with Crippen LogP contribution in [0.5, 0.6) is 0 Å². The molecule has 0 amide bonds. The molecule has 0 atom stereocenters. The van der Waals surface area contributed by atoms with E-state index in [0.29, 0.717) is 0 Å². The van der Waals surface area contributed by atoms with Crippen LogP contribution in [0.3, 0.4) is 0 Å². The molecule has 59 heavy (non-hydrogen) atoms. The largest absolute Gasteiger partial charge is 0.282 e. The molecule has 10 aromatic rings. The molecule has 1 aliphatic rings. The van der Waals surface area contributed by atoms with Gasteiger partial charge in [0.05, 0.1) is 5.71 Å². The van der Waals surface area contributed by atoms with Gasteiger partial charge in [0.15, 0.2) is 5.84 Å². The Labute approximate surface area is 344 Å². The van der Waals surface area contributed by atoms with Gasteiger partial charge in [-0.2, -0.15) is 0 Å². The number of hydrogen-bond donors (Lipinski definition) is 1. The van der Waals surface area contributed by atoms with E-state index in [4.69, 9.17) is 4.99 Å². The van der Waals surface area contributed by atoms with Crippen molar-refractivity contribution in [1.82, 2.24) is 0 Å². The number of nitrogens with zero attached hydrogens (tertiary/aromatic N) is 1. The predicted molar refractivity (Wildman–Crippen MR) is 252 cm³/mol. The molecule has 10 aromatic carbocycles. The minimum atomic E-state index is -0.163. The SMILES string of the molecule is CC1(C)c2ccccc2-c2c(C(/C=C/c3c4ccccc4c(-c4c5ccccc5cc5c4ccc4ccccc45)c4ccccc34)=NC(=N)c3ccccc3)cccc21. The Balaban J connectivity index is 1.18. The average molecular weight is 753 g/mol. The van der Waals surface area contributed by atoms with Crippen molar-refractivity contribution in [2.45, 2.75) is 19.3 Å². The van der Waals surface area contributed by atoms with Gasteiger partial charge >= 0.3 is 0 Å². The highest BCUT2D eigenvalue weighted by Gasteiger charge is 2.37. The van der Waals surface area contributed by atoms with E-state index >= 15 is 0 Å². The van der Waals surface area contributed by atoms with E-state index < -0.39 is 0 Å². The molecule has 1 aliphatic carbocycles. The van der Waals surface area contributed by atoms with Crippen molar-refractivity contribution in [1.29, 1.82) is 5.41 Å². The smallest absolute Gasteiger partial charge is 0.152 e. The fourth-order valence-corrected chi connectivity index (χ4v) is 9.80. The van der Waals surface area contributed by atoms with Gasteiger partial charge in [0.25, 0.3) is 0 Å². The summed E-state index contributed by atoms with van der Waals surface area (Å²) in [5, 5.41) is 21.5. The maximum atomic E-state index is 9.26. The molecule has 11 rings (SSSR count). The van der Waals surface area contributed by atoms with E-state index in [0.717, 1.165) is 22.4 Å². The highest BCUT2D eigenvalue weighted by atomic mass is 14.8. The van der Waals surface area contributed by atoms with Crippen LogP contribution in [0.15, 0.2) is 199 Å². The first-order chi connectivity index (χ1) is 29.0. The minimum Gasteiger partial charge on any atom is -0.282 e. The summed E-state index contributed by atoms with van der Waals surface area (Å²) < 4.78 is 0. The third kappa shape index (κ3) is 5.48. The lowest BCUT2D eigenvalue weighted by Crippen LogP contribution is -2.15. The lowest BCUT2D eigenvalue weighted by molar-refractivity contribution is 0.660. The standard InChI is InChI=1S/C57H40N2/c1-57(2)50-29-15-14-27-47(50)53-48(28-16-30-51(53)57)52(59-56(58)37-18-4-3-5-19-37)34-33-43-41-23-10-12-25-44(41)55(45-26-13-11-24-42(43)45)54-40-22-9-7-20-38(40)35-49-39-21-8-6-17-36(39)31-32-46(49)54/h3-35,58H,1-2H3/b34-33+,58-56?,59-52?. The van der Waals surface area contributed by atoms with E-state index in [9.17, 15) is 5.41 Å². The second-order valence-electron chi connectivity index (χ2n) is 16.2. The number of amidine groups is 1. The Morgan fingerprint density at radius 3 is 1.76 bits per heavy atom. The van der Waals surface area contributed by atoms with E-state index in [1.54, 1.807) is 0 Å². The number of rotatable bonds is 5. The number of nitrogens with one attached hydrogen (secondary N) is 1. The lowest BCUT2D eigenvalue weighted by Gasteiger charge is -2.21. The zero-order valence-electron chi connectivity index (χ0n) is 33.0. The van der Waals surface area contributed by atoms with Crippen molar-refractivity contribution in [3.63, 3.8) is 0 Å². The molecule has 0 aromatic heterocycles. The third-order valence-corrected chi connectivity index (χ3v) is 12.6. The quantitative estimate of drug-likeness (QED) is 0.0787. The van der Waals surface area contributed by atoms with Crippen LogP contribution in [0.1, 0.15) is 41.7 Å². The van der Waals surface area contributed by atoms with Crippen molar-refractivity contribution >= 4 is 71.5 Å². The first-order valence-electron chi connectivity index (χ1n) is 20.4. The van der Waals surface area contributed by atoms with Crippen LogP contribution in [-0.4, -0.2) is 11.5 Å². The second-order valence-corrected chi connectivity index (χ2v) is 16.2. The Kier molecular flexibility index (Phi) is 8.03. The molecule has 0 heterocycles. The van der Waals surface area contributed by atoms with Gasteiger partial charge in [-0.1, -0.05) is 202 Å². The van der Waals surface area contributed by atoms with E-state index in [2.05, 4.69) is 184 Å². The third-order valence-electron chi connectivity index (χ3n) is 12.6. The van der Waals surface area contributed by atoms with Crippen LogP contribution in [0.4, 0.5) is 0 Å². The molecular formula is C57H40N2. The van der Waals surface area contributed by atoms with E-state index in [1.165, 1.54) is 87.2 Å². The molecule has 0 spiro atoms. The maximum absolute atomic E-state index is 9.26. The minimum absolute atomic E-state index is 0.163. The predicted octanol–water partition coefficient (Wildman–Crippen LogP) is 15.0. The molecule has 0 saturated heterocycles. The Bertz CT molecular complexity index is 3360. The molecule has 1 N–H and O–H groups in total. The summed E-state index contributed by atoms with van der Waals surface area (Å²) in [4.78, 5) is 5.16. The average Bonchev–Trinajstić information content (AvgIpc) is 3.53. The van der Waals surface area contributed by atoms with Crippen LogP contribution in [0.25, 0.3) is 82.2 Å². The number of fused-ring (bicyclic) bond motifs is 9. The van der Waals surface area contributed by atoms with Crippen LogP contribution >= 0.6 is 0 Å². The number of aliphatic imine (C=N–C) groups is 1. The molecule has 2 nitrogen and oxygen atoms in total. The van der Waals surface area contributed by atoms with Gasteiger partial charge in [0.1, 0.15) is 0 Å². The zero-order valence-corrected chi connectivity index (χ0v) is 33.0. The molecule has 0 radical (unpaired) electrons. The highest BCUT2D eigenvalue weighted by molar-refractivity contribution is 6.28. The van der Waals surface area contributed by atoms with Crippen molar-refractivity contribution < 1.29 is 0 Å².